The van der Waals surface area contributed by atoms with Crippen molar-refractivity contribution in [2.45, 2.75) is 19.3 Å². The molecule has 198 valence electrons. The third-order valence-corrected chi connectivity index (χ3v) is 7.22. The van der Waals surface area contributed by atoms with Crippen molar-refractivity contribution in [3.05, 3.63) is 110 Å². The molecule has 1 aliphatic heterocycles. The van der Waals surface area contributed by atoms with Crippen molar-refractivity contribution in [1.29, 1.82) is 0 Å². The van der Waals surface area contributed by atoms with Gasteiger partial charge in [-0.05, 0) is 79.1 Å². The molecule has 0 unspecified atom stereocenters. The summed E-state index contributed by atoms with van der Waals surface area (Å²) in [5.41, 5.74) is 1.54. The van der Waals surface area contributed by atoms with Gasteiger partial charge in [0.2, 0.25) is 0 Å². The number of ether oxygens (including phenoxy) is 1. The third kappa shape index (κ3) is 5.89. The second-order valence-corrected chi connectivity index (χ2v) is 10.1. The van der Waals surface area contributed by atoms with E-state index in [0.717, 1.165) is 29.5 Å². The van der Waals surface area contributed by atoms with E-state index in [1.54, 1.807) is 48.5 Å². The Hall–Kier alpha value is -3.95. The van der Waals surface area contributed by atoms with Gasteiger partial charge in [-0.2, -0.15) is 0 Å². The monoisotopic (exact) mass is 567 g/mol. The summed E-state index contributed by atoms with van der Waals surface area (Å²) in [4.78, 5) is 36.6. The Bertz CT molecular complexity index is 1700. The molecule has 2 heterocycles. The number of amides is 2. The summed E-state index contributed by atoms with van der Waals surface area (Å²) in [5.74, 6) is -1.81. The average molecular weight is 568 g/mol. The van der Waals surface area contributed by atoms with Crippen LogP contribution in [0.4, 0.5) is 13.6 Å². The van der Waals surface area contributed by atoms with Crippen LogP contribution in [0.15, 0.2) is 80.9 Å². The molecular formula is C29H20ClF2NO5S. The van der Waals surface area contributed by atoms with Gasteiger partial charge in [-0.3, -0.25) is 19.7 Å². The van der Waals surface area contributed by atoms with Crippen LogP contribution in [0.2, 0.25) is 5.02 Å². The predicted molar refractivity (Wildman–Crippen MR) is 146 cm³/mol. The van der Waals surface area contributed by atoms with E-state index in [2.05, 4.69) is 5.32 Å². The van der Waals surface area contributed by atoms with Crippen LogP contribution >= 0.6 is 23.4 Å². The number of carbonyl (C=O) groups is 2. The van der Waals surface area contributed by atoms with Gasteiger partial charge >= 0.3 is 0 Å². The molecule has 1 aromatic heterocycles. The SMILES string of the molecule is O=C1NC(=O)C(=CCc2ccc(OCCCc3c(-c4ccc(F)c(F)c4)oc4ccccc4c3=O)c(Cl)c2)S1. The number of benzene rings is 3. The van der Waals surface area contributed by atoms with Crippen LogP contribution in [0, 0.1) is 11.6 Å². The summed E-state index contributed by atoms with van der Waals surface area (Å²) < 4.78 is 39.3. The highest BCUT2D eigenvalue weighted by molar-refractivity contribution is 8.18. The second-order valence-electron chi connectivity index (χ2n) is 8.70. The van der Waals surface area contributed by atoms with Crippen molar-refractivity contribution >= 4 is 45.5 Å². The van der Waals surface area contributed by atoms with E-state index in [1.807, 2.05) is 0 Å². The first-order valence-electron chi connectivity index (χ1n) is 11.9. The predicted octanol–water partition coefficient (Wildman–Crippen LogP) is 6.81. The van der Waals surface area contributed by atoms with E-state index in [0.29, 0.717) is 45.1 Å². The van der Waals surface area contributed by atoms with Gasteiger partial charge in [0, 0.05) is 11.1 Å². The van der Waals surface area contributed by atoms with Crippen molar-refractivity contribution in [2.24, 2.45) is 0 Å². The molecule has 0 saturated carbocycles. The van der Waals surface area contributed by atoms with Crippen LogP contribution in [0.3, 0.4) is 0 Å². The lowest BCUT2D eigenvalue weighted by Crippen LogP contribution is -2.17. The molecule has 0 spiro atoms. The number of imide groups is 1. The summed E-state index contributed by atoms with van der Waals surface area (Å²) in [6.07, 6.45) is 2.76. The van der Waals surface area contributed by atoms with Crippen LogP contribution in [-0.4, -0.2) is 17.8 Å². The fourth-order valence-corrected chi connectivity index (χ4v) is 5.08. The van der Waals surface area contributed by atoms with Gasteiger partial charge in [0.25, 0.3) is 11.1 Å². The molecule has 5 rings (SSSR count). The summed E-state index contributed by atoms with van der Waals surface area (Å²) in [6.45, 7) is 0.228. The number of hydrogen-bond acceptors (Lipinski definition) is 6. The molecule has 2 amide bonds. The number of rotatable bonds is 8. The third-order valence-electron chi connectivity index (χ3n) is 6.06. The Morgan fingerprint density at radius 1 is 1.00 bits per heavy atom. The topological polar surface area (TPSA) is 85.6 Å². The van der Waals surface area contributed by atoms with Crippen molar-refractivity contribution in [3.8, 4) is 17.1 Å². The maximum absolute atomic E-state index is 14.0. The average Bonchev–Trinajstić information content (AvgIpc) is 3.25. The van der Waals surface area contributed by atoms with Crippen LogP contribution in [0.25, 0.3) is 22.3 Å². The van der Waals surface area contributed by atoms with Gasteiger partial charge in [-0.15, -0.1) is 0 Å². The van der Waals surface area contributed by atoms with Crippen LogP contribution in [0.1, 0.15) is 17.5 Å². The lowest BCUT2D eigenvalue weighted by Gasteiger charge is -2.12. The van der Waals surface area contributed by atoms with E-state index >= 15 is 0 Å². The van der Waals surface area contributed by atoms with Gasteiger partial charge in [-0.1, -0.05) is 35.9 Å². The molecule has 0 atom stereocenters. The van der Waals surface area contributed by atoms with Crippen LogP contribution in [0.5, 0.6) is 5.75 Å². The van der Waals surface area contributed by atoms with Gasteiger partial charge in [0.1, 0.15) is 17.1 Å². The minimum Gasteiger partial charge on any atom is -0.492 e. The first-order valence-corrected chi connectivity index (χ1v) is 13.1. The molecule has 4 aromatic rings. The van der Waals surface area contributed by atoms with Gasteiger partial charge in [0.15, 0.2) is 17.1 Å². The smallest absolute Gasteiger partial charge is 0.290 e. The molecule has 3 aromatic carbocycles. The van der Waals surface area contributed by atoms with Crippen LogP contribution < -0.4 is 15.5 Å². The zero-order valence-corrected chi connectivity index (χ0v) is 21.8. The Kier molecular flexibility index (Phi) is 7.81. The first-order chi connectivity index (χ1) is 18.8. The first kappa shape index (κ1) is 26.6. The molecule has 1 fully saturated rings. The molecule has 0 radical (unpaired) electrons. The number of halogens is 3. The minimum absolute atomic E-state index is 0.185. The second kappa shape index (κ2) is 11.4. The highest BCUT2D eigenvalue weighted by atomic mass is 35.5. The Balaban J connectivity index is 1.29. The largest absolute Gasteiger partial charge is 0.492 e. The highest BCUT2D eigenvalue weighted by Gasteiger charge is 2.24. The molecule has 6 nitrogen and oxygen atoms in total. The number of thioether (sulfide) groups is 1. The highest BCUT2D eigenvalue weighted by Crippen LogP contribution is 2.30. The molecule has 1 aliphatic rings. The number of para-hydroxylation sites is 1. The lowest BCUT2D eigenvalue weighted by atomic mass is 10.0. The normalized spacial score (nSPS) is 14.3. The van der Waals surface area contributed by atoms with Gasteiger partial charge in [0.05, 0.1) is 21.9 Å². The molecule has 39 heavy (non-hydrogen) atoms. The standard InChI is InChI=1S/C29H20ClF2NO5S/c30-20-14-16(8-12-25-28(35)33-29(36)39-25)7-11-24(20)37-13-3-5-19-26(34)18-4-1-2-6-23(18)38-27(19)17-9-10-21(31)22(32)15-17/h1-2,4,6-7,9-12,14-15H,3,5,8,13H2,(H,33,35,36). The maximum atomic E-state index is 14.0. The lowest BCUT2D eigenvalue weighted by molar-refractivity contribution is -0.115. The van der Waals surface area contributed by atoms with E-state index < -0.39 is 22.8 Å². The van der Waals surface area contributed by atoms with Crippen LogP contribution in [-0.2, 0) is 17.6 Å². The summed E-state index contributed by atoms with van der Waals surface area (Å²) in [7, 11) is 0. The Labute approximate surface area is 230 Å². The van der Waals surface area contributed by atoms with E-state index in [9.17, 15) is 23.2 Å². The Morgan fingerprint density at radius 3 is 2.56 bits per heavy atom. The maximum Gasteiger partial charge on any atom is 0.290 e. The molecule has 10 heteroatoms. The van der Waals surface area contributed by atoms with E-state index in [4.69, 9.17) is 20.8 Å². The number of fused-ring (bicyclic) bond motifs is 1. The number of allylic oxidation sites excluding steroid dienone is 1. The Morgan fingerprint density at radius 2 is 1.82 bits per heavy atom. The van der Waals surface area contributed by atoms with Gasteiger partial charge in [-0.25, -0.2) is 8.78 Å². The van der Waals surface area contributed by atoms with Crippen molar-refractivity contribution in [1.82, 2.24) is 5.32 Å². The number of carbonyl (C=O) groups excluding carboxylic acids is 2. The molecule has 1 N–H and O–H groups in total. The van der Waals surface area contributed by atoms with Crippen molar-refractivity contribution in [3.63, 3.8) is 0 Å². The zero-order valence-electron chi connectivity index (χ0n) is 20.3. The van der Waals surface area contributed by atoms with E-state index in [-0.39, 0.29) is 29.8 Å². The fourth-order valence-electron chi connectivity index (χ4n) is 4.17. The summed E-state index contributed by atoms with van der Waals surface area (Å²) >= 11 is 7.23. The number of hydrogen-bond donors (Lipinski definition) is 1. The summed E-state index contributed by atoms with van der Waals surface area (Å²) in [6, 6.07) is 15.4. The quantitative estimate of drug-likeness (QED) is 0.186. The molecule has 1 saturated heterocycles. The summed E-state index contributed by atoms with van der Waals surface area (Å²) in [5, 5.41) is 2.58. The number of nitrogens with one attached hydrogen (secondary N) is 1. The molecular weight excluding hydrogens is 548 g/mol. The van der Waals surface area contributed by atoms with Crippen molar-refractivity contribution in [2.75, 3.05) is 6.61 Å². The zero-order chi connectivity index (χ0) is 27.5. The van der Waals surface area contributed by atoms with Gasteiger partial charge < -0.3 is 9.15 Å². The molecule has 0 bridgehead atoms. The minimum atomic E-state index is -1.04. The van der Waals surface area contributed by atoms with Crippen molar-refractivity contribution < 1.29 is 27.5 Å². The molecule has 0 aliphatic carbocycles. The van der Waals surface area contributed by atoms with E-state index in [1.165, 1.54) is 6.07 Å². The fraction of sp³-hybridized carbons (Fsp3) is 0.138.